The highest BCUT2D eigenvalue weighted by Gasteiger charge is 2.18. The van der Waals surface area contributed by atoms with Crippen LogP contribution < -0.4 is 19.6 Å². The molecule has 4 rings (SSSR count). The van der Waals surface area contributed by atoms with Crippen molar-refractivity contribution in [3.05, 3.63) is 53.6 Å². The number of benzene rings is 2. The van der Waals surface area contributed by atoms with E-state index in [9.17, 15) is 9.59 Å². The average Bonchev–Trinajstić information content (AvgIpc) is 3.23. The first kappa shape index (κ1) is 18.8. The highest BCUT2D eigenvalue weighted by Crippen LogP contribution is 2.32. The molecule has 0 bridgehead atoms. The van der Waals surface area contributed by atoms with Crippen molar-refractivity contribution >= 4 is 18.2 Å². The Labute approximate surface area is 166 Å². The van der Waals surface area contributed by atoms with E-state index in [1.165, 1.54) is 6.21 Å². The molecule has 150 valence electrons. The molecular weight excluding hydrogens is 378 g/mol. The summed E-state index contributed by atoms with van der Waals surface area (Å²) < 4.78 is 21.0. The fourth-order valence-corrected chi connectivity index (χ4v) is 2.80. The van der Waals surface area contributed by atoms with Gasteiger partial charge in [0.1, 0.15) is 5.75 Å². The third-order valence-corrected chi connectivity index (χ3v) is 4.37. The van der Waals surface area contributed by atoms with Crippen LogP contribution in [0.5, 0.6) is 17.2 Å². The van der Waals surface area contributed by atoms with Crippen molar-refractivity contribution in [2.24, 2.45) is 5.10 Å². The first-order valence-corrected chi connectivity index (χ1v) is 9.07. The Hall–Kier alpha value is -3.59. The summed E-state index contributed by atoms with van der Waals surface area (Å²) in [5, 5.41) is 3.95. The molecule has 29 heavy (non-hydrogen) atoms. The number of fused-ring (bicyclic) bond motifs is 1. The van der Waals surface area contributed by atoms with Gasteiger partial charge in [-0.25, -0.2) is 10.2 Å². The molecule has 0 atom stereocenters. The van der Waals surface area contributed by atoms with Gasteiger partial charge in [-0.15, -0.1) is 0 Å². The van der Waals surface area contributed by atoms with E-state index < -0.39 is 6.09 Å². The third kappa shape index (κ3) is 4.64. The van der Waals surface area contributed by atoms with Crippen LogP contribution in [0.15, 0.2) is 47.6 Å². The van der Waals surface area contributed by atoms with Crippen LogP contribution in [-0.4, -0.2) is 56.2 Å². The highest BCUT2D eigenvalue weighted by molar-refractivity contribution is 5.95. The first-order chi connectivity index (χ1) is 14.2. The van der Waals surface area contributed by atoms with Gasteiger partial charge in [0, 0.05) is 18.7 Å². The molecule has 0 radical (unpaired) electrons. The summed E-state index contributed by atoms with van der Waals surface area (Å²) in [7, 11) is 0. The third-order valence-electron chi connectivity index (χ3n) is 4.37. The molecule has 1 N–H and O–H groups in total. The maximum absolute atomic E-state index is 12.2. The fraction of sp³-hybridized carbons (Fsp3) is 0.250. The van der Waals surface area contributed by atoms with Crippen LogP contribution in [0.1, 0.15) is 15.9 Å². The lowest BCUT2D eigenvalue weighted by Crippen LogP contribution is -2.42. The zero-order chi connectivity index (χ0) is 20.1. The lowest BCUT2D eigenvalue weighted by molar-refractivity contribution is 0.0416. The van der Waals surface area contributed by atoms with Crippen molar-refractivity contribution in [2.45, 2.75) is 0 Å². The SMILES string of the molecule is O=C(NN=Cc1ccc(OC(=O)N2CCOCC2)cc1)c1ccc2c(c1)OCO2. The summed E-state index contributed by atoms with van der Waals surface area (Å²) in [4.78, 5) is 25.8. The van der Waals surface area contributed by atoms with Gasteiger partial charge in [0.05, 0.1) is 19.4 Å². The van der Waals surface area contributed by atoms with Crippen LogP contribution in [0, 0.1) is 0 Å². The van der Waals surface area contributed by atoms with Gasteiger partial charge in [0.25, 0.3) is 5.91 Å². The molecule has 0 saturated carbocycles. The standard InChI is InChI=1S/C20H19N3O6/c24-19(15-3-6-17-18(11-15)28-13-27-17)22-21-12-14-1-4-16(5-2-14)29-20(25)23-7-9-26-10-8-23/h1-6,11-12H,7-10,13H2,(H,22,24). The average molecular weight is 397 g/mol. The lowest BCUT2D eigenvalue weighted by Gasteiger charge is -2.25. The highest BCUT2D eigenvalue weighted by atomic mass is 16.7. The van der Waals surface area contributed by atoms with Gasteiger partial charge in [-0.05, 0) is 48.0 Å². The molecule has 2 heterocycles. The van der Waals surface area contributed by atoms with Crippen LogP contribution >= 0.6 is 0 Å². The minimum atomic E-state index is -0.397. The van der Waals surface area contributed by atoms with Crippen molar-refractivity contribution in [2.75, 3.05) is 33.1 Å². The summed E-state index contributed by atoms with van der Waals surface area (Å²) in [6.45, 7) is 2.22. The van der Waals surface area contributed by atoms with E-state index >= 15 is 0 Å². The molecule has 0 aromatic heterocycles. The number of nitrogens with one attached hydrogen (secondary N) is 1. The zero-order valence-electron chi connectivity index (χ0n) is 15.5. The van der Waals surface area contributed by atoms with E-state index in [2.05, 4.69) is 10.5 Å². The van der Waals surface area contributed by atoms with Crippen molar-refractivity contribution in [1.29, 1.82) is 0 Å². The topological polar surface area (TPSA) is 98.7 Å². The van der Waals surface area contributed by atoms with E-state index in [-0.39, 0.29) is 12.7 Å². The largest absolute Gasteiger partial charge is 0.454 e. The minimum Gasteiger partial charge on any atom is -0.454 e. The molecule has 2 amide bonds. The number of rotatable bonds is 4. The lowest BCUT2D eigenvalue weighted by atomic mass is 10.2. The number of amides is 2. The molecule has 9 nitrogen and oxygen atoms in total. The predicted octanol–water partition coefficient (Wildman–Crippen LogP) is 2.01. The summed E-state index contributed by atoms with van der Waals surface area (Å²) in [6.07, 6.45) is 1.10. The second-order valence-corrected chi connectivity index (χ2v) is 6.30. The number of nitrogens with zero attached hydrogens (tertiary/aromatic N) is 2. The van der Waals surface area contributed by atoms with Crippen molar-refractivity contribution in [1.82, 2.24) is 10.3 Å². The first-order valence-electron chi connectivity index (χ1n) is 9.07. The second kappa shape index (κ2) is 8.61. The Morgan fingerprint density at radius 1 is 1.03 bits per heavy atom. The quantitative estimate of drug-likeness (QED) is 0.626. The minimum absolute atomic E-state index is 0.149. The summed E-state index contributed by atoms with van der Waals surface area (Å²) in [6, 6.07) is 11.7. The molecule has 1 fully saturated rings. The second-order valence-electron chi connectivity index (χ2n) is 6.30. The fourth-order valence-electron chi connectivity index (χ4n) is 2.80. The maximum Gasteiger partial charge on any atom is 0.415 e. The monoisotopic (exact) mass is 397 g/mol. The Bertz CT molecular complexity index is 922. The number of carbonyl (C=O) groups excluding carboxylic acids is 2. The van der Waals surface area contributed by atoms with Gasteiger partial charge < -0.3 is 23.8 Å². The Morgan fingerprint density at radius 2 is 1.79 bits per heavy atom. The van der Waals surface area contributed by atoms with Crippen molar-refractivity contribution in [3.63, 3.8) is 0 Å². The van der Waals surface area contributed by atoms with E-state index in [0.29, 0.717) is 49.1 Å². The van der Waals surface area contributed by atoms with E-state index in [4.69, 9.17) is 18.9 Å². The zero-order valence-corrected chi connectivity index (χ0v) is 15.5. The van der Waals surface area contributed by atoms with Gasteiger partial charge in [-0.3, -0.25) is 4.79 Å². The smallest absolute Gasteiger partial charge is 0.415 e. The van der Waals surface area contributed by atoms with Crippen LogP contribution in [-0.2, 0) is 4.74 Å². The number of hydrogen-bond acceptors (Lipinski definition) is 7. The van der Waals surface area contributed by atoms with E-state index in [1.807, 2.05) is 0 Å². The summed E-state index contributed by atoms with van der Waals surface area (Å²) in [5.41, 5.74) is 3.61. The van der Waals surface area contributed by atoms with Gasteiger partial charge in [0.2, 0.25) is 6.79 Å². The molecule has 2 aliphatic rings. The van der Waals surface area contributed by atoms with Crippen molar-refractivity contribution < 1.29 is 28.5 Å². The maximum atomic E-state index is 12.2. The van der Waals surface area contributed by atoms with Gasteiger partial charge >= 0.3 is 6.09 Å². The van der Waals surface area contributed by atoms with Crippen LogP contribution in [0.25, 0.3) is 0 Å². The molecule has 0 aliphatic carbocycles. The number of morpholine rings is 1. The van der Waals surface area contributed by atoms with Crippen molar-refractivity contribution in [3.8, 4) is 17.2 Å². The summed E-state index contributed by atoms with van der Waals surface area (Å²) in [5.74, 6) is 1.21. The van der Waals surface area contributed by atoms with Crippen LogP contribution in [0.4, 0.5) is 4.79 Å². The number of hydrazone groups is 1. The Kier molecular flexibility index (Phi) is 5.57. The molecule has 2 aliphatic heterocycles. The van der Waals surface area contributed by atoms with E-state index in [1.54, 1.807) is 47.4 Å². The predicted molar refractivity (Wildman–Crippen MR) is 102 cm³/mol. The molecule has 2 aromatic carbocycles. The number of carbonyl (C=O) groups is 2. The Morgan fingerprint density at radius 3 is 2.59 bits per heavy atom. The van der Waals surface area contributed by atoms with Crippen LogP contribution in [0.2, 0.25) is 0 Å². The Balaban J connectivity index is 1.29. The summed E-state index contributed by atoms with van der Waals surface area (Å²) >= 11 is 0. The number of hydrogen-bond donors (Lipinski definition) is 1. The molecule has 1 saturated heterocycles. The molecule has 0 unspecified atom stereocenters. The van der Waals surface area contributed by atoms with Crippen LogP contribution in [0.3, 0.4) is 0 Å². The van der Waals surface area contributed by atoms with Gasteiger partial charge in [0.15, 0.2) is 11.5 Å². The van der Waals surface area contributed by atoms with Gasteiger partial charge in [-0.2, -0.15) is 5.10 Å². The van der Waals surface area contributed by atoms with Gasteiger partial charge in [-0.1, -0.05) is 0 Å². The molecule has 2 aromatic rings. The normalized spacial score (nSPS) is 15.4. The molecule has 0 spiro atoms. The molecule has 9 heteroatoms. The molecular formula is C20H19N3O6. The number of ether oxygens (including phenoxy) is 4. The van der Waals surface area contributed by atoms with E-state index in [0.717, 1.165) is 5.56 Å².